The van der Waals surface area contributed by atoms with E-state index in [-0.39, 0.29) is 0 Å². The summed E-state index contributed by atoms with van der Waals surface area (Å²) in [6.45, 7) is 0. The van der Waals surface area contributed by atoms with E-state index in [0.717, 1.165) is 17.1 Å². The first kappa shape index (κ1) is 13.0. The zero-order valence-corrected chi connectivity index (χ0v) is 11.7. The molecule has 1 aromatic heterocycles. The lowest BCUT2D eigenvalue weighted by molar-refractivity contribution is 0.355. The van der Waals surface area contributed by atoms with Crippen LogP contribution in [0, 0.1) is 0 Å². The summed E-state index contributed by atoms with van der Waals surface area (Å²) >= 11 is 0. The summed E-state index contributed by atoms with van der Waals surface area (Å²) in [6.07, 6.45) is 8.11. The summed E-state index contributed by atoms with van der Waals surface area (Å²) in [5.74, 6) is 1.62. The van der Waals surface area contributed by atoms with E-state index in [1.54, 1.807) is 7.11 Å². The van der Waals surface area contributed by atoms with E-state index >= 15 is 0 Å². The molecule has 1 heterocycles. The second-order valence-corrected chi connectivity index (χ2v) is 5.31. The van der Waals surface area contributed by atoms with Gasteiger partial charge in [-0.1, -0.05) is 19.3 Å². The fourth-order valence-corrected chi connectivity index (χ4v) is 2.93. The Labute approximate surface area is 118 Å². The van der Waals surface area contributed by atoms with Gasteiger partial charge in [-0.2, -0.15) is 0 Å². The Morgan fingerprint density at radius 1 is 1.25 bits per heavy atom. The lowest BCUT2D eigenvalue weighted by Gasteiger charge is -2.24. The predicted octanol–water partition coefficient (Wildman–Crippen LogP) is 3.04. The molecule has 1 aliphatic rings. The number of ether oxygens (including phenoxy) is 1. The molecule has 2 N–H and O–H groups in total. The Morgan fingerprint density at radius 2 is 2.05 bits per heavy atom. The molecule has 0 saturated heterocycles. The SMILES string of the molecule is COc1ccc(-c2nncn2C2CCCCC2)c(N)c1. The van der Waals surface area contributed by atoms with Crippen molar-refractivity contribution in [1.29, 1.82) is 0 Å². The van der Waals surface area contributed by atoms with Gasteiger partial charge in [-0.05, 0) is 25.0 Å². The highest BCUT2D eigenvalue weighted by Gasteiger charge is 2.20. The number of nitrogens with zero attached hydrogens (tertiary/aromatic N) is 3. The quantitative estimate of drug-likeness (QED) is 0.872. The van der Waals surface area contributed by atoms with E-state index in [0.29, 0.717) is 11.7 Å². The van der Waals surface area contributed by atoms with Crippen molar-refractivity contribution in [2.75, 3.05) is 12.8 Å². The smallest absolute Gasteiger partial charge is 0.166 e. The maximum atomic E-state index is 6.13. The number of methoxy groups -OCH3 is 1. The monoisotopic (exact) mass is 272 g/mol. The maximum absolute atomic E-state index is 6.13. The Kier molecular flexibility index (Phi) is 3.58. The lowest BCUT2D eigenvalue weighted by atomic mass is 9.95. The van der Waals surface area contributed by atoms with Crippen LogP contribution in [0.15, 0.2) is 24.5 Å². The van der Waals surface area contributed by atoms with Gasteiger partial charge in [-0.15, -0.1) is 10.2 Å². The number of hydrogen-bond donors (Lipinski definition) is 1. The van der Waals surface area contributed by atoms with Crippen molar-refractivity contribution in [3.8, 4) is 17.1 Å². The second-order valence-electron chi connectivity index (χ2n) is 5.31. The van der Waals surface area contributed by atoms with Crippen molar-refractivity contribution in [2.24, 2.45) is 0 Å². The minimum atomic E-state index is 0.496. The average Bonchev–Trinajstić information content (AvgIpc) is 2.97. The van der Waals surface area contributed by atoms with Gasteiger partial charge in [0.1, 0.15) is 12.1 Å². The van der Waals surface area contributed by atoms with Crippen LogP contribution in [0.3, 0.4) is 0 Å². The van der Waals surface area contributed by atoms with Gasteiger partial charge < -0.3 is 15.0 Å². The van der Waals surface area contributed by atoms with Crippen LogP contribution in [0.4, 0.5) is 5.69 Å². The number of hydrogen-bond acceptors (Lipinski definition) is 4. The van der Waals surface area contributed by atoms with Crippen LogP contribution >= 0.6 is 0 Å². The summed E-state index contributed by atoms with van der Waals surface area (Å²) in [5.41, 5.74) is 7.73. The minimum absolute atomic E-state index is 0.496. The largest absolute Gasteiger partial charge is 0.497 e. The highest BCUT2D eigenvalue weighted by molar-refractivity contribution is 5.73. The zero-order valence-electron chi connectivity index (χ0n) is 11.7. The molecule has 0 spiro atoms. The molecule has 0 amide bonds. The topological polar surface area (TPSA) is 66.0 Å². The van der Waals surface area contributed by atoms with Crippen LogP contribution in [0.2, 0.25) is 0 Å². The lowest BCUT2D eigenvalue weighted by Crippen LogP contribution is -2.13. The van der Waals surface area contributed by atoms with E-state index in [1.807, 2.05) is 24.5 Å². The van der Waals surface area contributed by atoms with Gasteiger partial charge in [-0.3, -0.25) is 0 Å². The van der Waals surface area contributed by atoms with E-state index in [1.165, 1.54) is 32.1 Å². The van der Waals surface area contributed by atoms with Gasteiger partial charge in [-0.25, -0.2) is 0 Å². The number of nitrogens with two attached hydrogens (primary N) is 1. The molecule has 1 aromatic carbocycles. The normalized spacial score (nSPS) is 16.2. The highest BCUT2D eigenvalue weighted by atomic mass is 16.5. The van der Waals surface area contributed by atoms with Crippen molar-refractivity contribution in [1.82, 2.24) is 14.8 Å². The highest BCUT2D eigenvalue weighted by Crippen LogP contribution is 2.34. The molecule has 0 unspecified atom stereocenters. The van der Waals surface area contributed by atoms with Gasteiger partial charge in [0.25, 0.3) is 0 Å². The van der Waals surface area contributed by atoms with Gasteiger partial charge in [0, 0.05) is 23.4 Å². The summed E-state index contributed by atoms with van der Waals surface area (Å²) in [5, 5.41) is 8.35. The zero-order chi connectivity index (χ0) is 13.9. The number of nitrogen functional groups attached to an aromatic ring is 1. The average molecular weight is 272 g/mol. The van der Waals surface area contributed by atoms with Gasteiger partial charge >= 0.3 is 0 Å². The molecular weight excluding hydrogens is 252 g/mol. The molecule has 0 aliphatic heterocycles. The predicted molar refractivity (Wildman–Crippen MR) is 78.5 cm³/mol. The molecule has 0 bridgehead atoms. The molecule has 3 rings (SSSR count). The van der Waals surface area contributed by atoms with Crippen LogP contribution < -0.4 is 10.5 Å². The maximum Gasteiger partial charge on any atom is 0.166 e. The molecule has 106 valence electrons. The Hall–Kier alpha value is -2.04. The standard InChI is InChI=1S/C15H20N4O/c1-20-12-7-8-13(14(16)9-12)15-18-17-10-19(15)11-5-3-2-4-6-11/h7-11H,2-6,16H2,1H3. The Morgan fingerprint density at radius 3 is 2.75 bits per heavy atom. The van der Waals surface area contributed by atoms with Crippen LogP contribution in [-0.4, -0.2) is 21.9 Å². The Bertz CT molecular complexity index is 587. The summed E-state index contributed by atoms with van der Waals surface area (Å²) in [6, 6.07) is 6.19. The number of aromatic nitrogens is 3. The summed E-state index contributed by atoms with van der Waals surface area (Å²) < 4.78 is 7.37. The molecule has 1 aliphatic carbocycles. The van der Waals surface area contributed by atoms with E-state index in [9.17, 15) is 0 Å². The molecule has 5 nitrogen and oxygen atoms in total. The van der Waals surface area contributed by atoms with Gasteiger partial charge in [0.05, 0.1) is 7.11 Å². The minimum Gasteiger partial charge on any atom is -0.497 e. The van der Waals surface area contributed by atoms with Crippen LogP contribution in [0.1, 0.15) is 38.1 Å². The molecule has 2 aromatic rings. The first-order valence-corrected chi connectivity index (χ1v) is 7.13. The van der Waals surface area contributed by atoms with E-state index in [4.69, 9.17) is 10.5 Å². The molecule has 1 fully saturated rings. The van der Waals surface area contributed by atoms with Crippen LogP contribution in [0.25, 0.3) is 11.4 Å². The molecule has 1 saturated carbocycles. The van der Waals surface area contributed by atoms with Crippen molar-refractivity contribution in [3.63, 3.8) is 0 Å². The third kappa shape index (κ3) is 2.35. The van der Waals surface area contributed by atoms with Crippen molar-refractivity contribution in [3.05, 3.63) is 24.5 Å². The third-order valence-electron chi connectivity index (χ3n) is 4.04. The fourth-order valence-electron chi connectivity index (χ4n) is 2.93. The number of anilines is 1. The van der Waals surface area contributed by atoms with Gasteiger partial charge in [0.15, 0.2) is 5.82 Å². The van der Waals surface area contributed by atoms with E-state index < -0.39 is 0 Å². The van der Waals surface area contributed by atoms with Gasteiger partial charge in [0.2, 0.25) is 0 Å². The first-order chi connectivity index (χ1) is 9.79. The van der Waals surface area contributed by atoms with E-state index in [2.05, 4.69) is 14.8 Å². The number of benzene rings is 1. The first-order valence-electron chi connectivity index (χ1n) is 7.13. The van der Waals surface area contributed by atoms with Crippen molar-refractivity contribution >= 4 is 5.69 Å². The number of rotatable bonds is 3. The fraction of sp³-hybridized carbons (Fsp3) is 0.467. The molecular formula is C15H20N4O. The van der Waals surface area contributed by atoms with Crippen molar-refractivity contribution < 1.29 is 4.74 Å². The summed E-state index contributed by atoms with van der Waals surface area (Å²) in [7, 11) is 1.64. The molecule has 0 radical (unpaired) electrons. The Balaban J connectivity index is 1.96. The second kappa shape index (κ2) is 5.53. The van der Waals surface area contributed by atoms with Crippen LogP contribution in [0.5, 0.6) is 5.75 Å². The van der Waals surface area contributed by atoms with Crippen LogP contribution in [-0.2, 0) is 0 Å². The molecule has 20 heavy (non-hydrogen) atoms. The molecule has 0 atom stereocenters. The van der Waals surface area contributed by atoms with Crippen molar-refractivity contribution in [2.45, 2.75) is 38.1 Å². The molecule has 5 heteroatoms. The third-order valence-corrected chi connectivity index (χ3v) is 4.04. The summed E-state index contributed by atoms with van der Waals surface area (Å²) in [4.78, 5) is 0.